The fourth-order valence-electron chi connectivity index (χ4n) is 3.07. The van der Waals surface area contributed by atoms with E-state index in [2.05, 4.69) is 4.72 Å². The average Bonchev–Trinajstić information content (AvgIpc) is 2.80. The number of sulfonamides is 1. The van der Waals surface area contributed by atoms with Crippen LogP contribution in [-0.4, -0.2) is 35.2 Å². The summed E-state index contributed by atoms with van der Waals surface area (Å²) in [5, 5.41) is 9.30. The van der Waals surface area contributed by atoms with Crippen LogP contribution < -0.4 is 4.72 Å². The van der Waals surface area contributed by atoms with Crippen LogP contribution in [0.1, 0.15) is 11.1 Å². The molecule has 0 spiro atoms. The Kier molecular flexibility index (Phi) is 7.15. The van der Waals surface area contributed by atoms with Gasteiger partial charge in [-0.3, -0.25) is 0 Å². The Bertz CT molecular complexity index is 1330. The Morgan fingerprint density at radius 2 is 1.48 bits per heavy atom. The topological polar surface area (TPSA) is 101 Å². The Balaban J connectivity index is 1.99. The molecule has 0 heterocycles. The first-order valence-electron chi connectivity index (χ1n) is 9.63. The van der Waals surface area contributed by atoms with Gasteiger partial charge in [-0.25, -0.2) is 25.9 Å². The predicted molar refractivity (Wildman–Crippen MR) is 115 cm³/mol. The molecular weight excluding hydrogens is 479 g/mol. The van der Waals surface area contributed by atoms with Crippen molar-refractivity contribution in [1.82, 2.24) is 4.72 Å². The number of phenolic OH excluding ortho intramolecular Hbond substituents is 1. The van der Waals surface area contributed by atoms with Crippen molar-refractivity contribution in [3.05, 3.63) is 83.9 Å². The van der Waals surface area contributed by atoms with Crippen LogP contribution in [0.5, 0.6) is 5.75 Å². The van der Waals surface area contributed by atoms with Crippen LogP contribution in [0.15, 0.2) is 87.5 Å². The molecule has 0 bridgehead atoms. The summed E-state index contributed by atoms with van der Waals surface area (Å²) in [6.07, 6.45) is 0.163. The van der Waals surface area contributed by atoms with E-state index in [0.717, 1.165) is 6.07 Å². The number of phenols is 1. The van der Waals surface area contributed by atoms with E-state index < -0.39 is 47.8 Å². The number of halogens is 3. The minimum absolute atomic E-state index is 0.0221. The highest BCUT2D eigenvalue weighted by molar-refractivity contribution is 7.91. The summed E-state index contributed by atoms with van der Waals surface area (Å²) in [6, 6.07) is 15.0. The third kappa shape index (κ3) is 5.55. The zero-order valence-electron chi connectivity index (χ0n) is 17.1. The summed E-state index contributed by atoms with van der Waals surface area (Å²) in [5.41, 5.74) is -0.487. The van der Waals surface area contributed by atoms with Gasteiger partial charge >= 0.3 is 5.92 Å². The SMILES string of the molecule is O=S(=O)(NCCc1ccc(O)cc1)c1cc(S(=O)(=O)c2ccccc2)ccc1C(F)(F)CF. The molecule has 0 radical (unpaired) electrons. The van der Waals surface area contributed by atoms with E-state index in [9.17, 15) is 35.1 Å². The van der Waals surface area contributed by atoms with Crippen molar-refractivity contribution >= 4 is 19.9 Å². The Morgan fingerprint density at radius 1 is 0.848 bits per heavy atom. The smallest absolute Gasteiger partial charge is 0.302 e. The molecule has 2 N–H and O–H groups in total. The molecule has 0 aliphatic heterocycles. The van der Waals surface area contributed by atoms with Crippen molar-refractivity contribution in [2.24, 2.45) is 0 Å². The van der Waals surface area contributed by atoms with E-state index >= 15 is 0 Å². The highest BCUT2D eigenvalue weighted by Crippen LogP contribution is 2.35. The third-order valence-electron chi connectivity index (χ3n) is 4.81. The lowest BCUT2D eigenvalue weighted by Crippen LogP contribution is -2.30. The first kappa shape index (κ1) is 24.7. The van der Waals surface area contributed by atoms with Crippen LogP contribution in [0.4, 0.5) is 13.2 Å². The molecule has 0 amide bonds. The van der Waals surface area contributed by atoms with Crippen LogP contribution in [0.2, 0.25) is 0 Å². The summed E-state index contributed by atoms with van der Waals surface area (Å²) in [6.45, 7) is -2.36. The average molecular weight is 500 g/mol. The van der Waals surface area contributed by atoms with Crippen LogP contribution in [0.25, 0.3) is 0 Å². The summed E-state index contributed by atoms with van der Waals surface area (Å²) in [7, 11) is -8.85. The van der Waals surface area contributed by atoms with Crippen LogP contribution in [0, 0.1) is 0 Å². The van der Waals surface area contributed by atoms with E-state index in [1.807, 2.05) is 0 Å². The normalized spacial score (nSPS) is 12.6. The third-order valence-corrected chi connectivity index (χ3v) is 8.08. The van der Waals surface area contributed by atoms with Gasteiger partial charge in [-0.2, -0.15) is 8.78 Å². The Morgan fingerprint density at radius 3 is 2.09 bits per heavy atom. The lowest BCUT2D eigenvalue weighted by atomic mass is 10.1. The van der Waals surface area contributed by atoms with Gasteiger partial charge in [0.15, 0.2) is 6.67 Å². The molecule has 33 heavy (non-hydrogen) atoms. The molecule has 176 valence electrons. The van der Waals surface area contributed by atoms with Gasteiger partial charge in [0, 0.05) is 12.1 Å². The van der Waals surface area contributed by atoms with Crippen LogP contribution in [0.3, 0.4) is 0 Å². The van der Waals surface area contributed by atoms with Gasteiger partial charge in [0.1, 0.15) is 5.75 Å². The van der Waals surface area contributed by atoms with Crippen LogP contribution in [-0.2, 0) is 32.2 Å². The number of benzene rings is 3. The van der Waals surface area contributed by atoms with Gasteiger partial charge in [-0.05, 0) is 48.4 Å². The minimum atomic E-state index is -4.64. The summed E-state index contributed by atoms with van der Waals surface area (Å²) >= 11 is 0. The fraction of sp³-hybridized carbons (Fsp3) is 0.182. The maximum absolute atomic E-state index is 14.2. The standard InChI is InChI=1S/C22H20F3NO5S2/c23-15-22(24,25)20-11-10-19(32(28,29)18-4-2-1-3-5-18)14-21(20)33(30,31)26-13-12-16-6-8-17(27)9-7-16/h1-11,14,26-27H,12-13,15H2. The molecule has 3 rings (SSSR count). The molecular formula is C22H20F3NO5S2. The summed E-state index contributed by atoms with van der Waals surface area (Å²) in [4.78, 5) is -1.70. The fourth-order valence-corrected chi connectivity index (χ4v) is 5.77. The first-order chi connectivity index (χ1) is 15.5. The summed E-state index contributed by atoms with van der Waals surface area (Å²) in [5.74, 6) is -4.12. The molecule has 0 atom stereocenters. The summed E-state index contributed by atoms with van der Waals surface area (Å²) < 4.78 is 95.1. The Labute approximate surface area is 189 Å². The van der Waals surface area contributed by atoms with Gasteiger partial charge < -0.3 is 5.11 Å². The number of nitrogens with one attached hydrogen (secondary N) is 1. The molecule has 11 heteroatoms. The Hall–Kier alpha value is -2.89. The van der Waals surface area contributed by atoms with E-state index in [1.165, 1.54) is 36.4 Å². The second-order valence-corrected chi connectivity index (χ2v) is 10.8. The zero-order chi connectivity index (χ0) is 24.3. The zero-order valence-corrected chi connectivity index (χ0v) is 18.7. The molecule has 0 saturated carbocycles. The monoisotopic (exact) mass is 499 g/mol. The molecule has 0 unspecified atom stereocenters. The van der Waals surface area contributed by atoms with Gasteiger partial charge in [0.2, 0.25) is 19.9 Å². The van der Waals surface area contributed by atoms with E-state index in [4.69, 9.17) is 0 Å². The van der Waals surface area contributed by atoms with Crippen molar-refractivity contribution in [1.29, 1.82) is 0 Å². The molecule has 0 aliphatic carbocycles. The minimum Gasteiger partial charge on any atom is -0.508 e. The molecule has 0 saturated heterocycles. The number of hydrogen-bond acceptors (Lipinski definition) is 5. The highest BCUT2D eigenvalue weighted by atomic mass is 32.2. The molecule has 0 fully saturated rings. The van der Waals surface area contributed by atoms with Crippen molar-refractivity contribution in [2.45, 2.75) is 27.0 Å². The van der Waals surface area contributed by atoms with E-state index in [1.54, 1.807) is 18.2 Å². The lowest BCUT2D eigenvalue weighted by molar-refractivity contribution is -0.0307. The highest BCUT2D eigenvalue weighted by Gasteiger charge is 2.38. The maximum atomic E-state index is 14.2. The van der Waals surface area contributed by atoms with E-state index in [-0.39, 0.29) is 23.6 Å². The number of aromatic hydroxyl groups is 1. The van der Waals surface area contributed by atoms with Crippen molar-refractivity contribution < 1.29 is 35.1 Å². The quantitative estimate of drug-likeness (QED) is 0.466. The van der Waals surface area contributed by atoms with E-state index in [0.29, 0.717) is 17.7 Å². The predicted octanol–water partition coefficient (Wildman–Crippen LogP) is 3.81. The van der Waals surface area contributed by atoms with Crippen molar-refractivity contribution in [2.75, 3.05) is 13.2 Å². The molecule has 3 aromatic rings. The van der Waals surface area contributed by atoms with Crippen molar-refractivity contribution in [3.8, 4) is 5.75 Å². The van der Waals surface area contributed by atoms with Gasteiger partial charge in [0.25, 0.3) is 0 Å². The number of sulfone groups is 1. The molecule has 0 aliphatic rings. The van der Waals surface area contributed by atoms with Gasteiger partial charge in [-0.1, -0.05) is 36.4 Å². The lowest BCUT2D eigenvalue weighted by Gasteiger charge is -2.19. The number of alkyl halides is 3. The second-order valence-electron chi connectivity index (χ2n) is 7.13. The van der Waals surface area contributed by atoms with Gasteiger partial charge in [0.05, 0.1) is 14.7 Å². The number of rotatable bonds is 9. The van der Waals surface area contributed by atoms with Gasteiger partial charge in [-0.15, -0.1) is 0 Å². The maximum Gasteiger partial charge on any atom is 0.302 e. The first-order valence-corrected chi connectivity index (χ1v) is 12.6. The van der Waals surface area contributed by atoms with Crippen molar-refractivity contribution in [3.63, 3.8) is 0 Å². The second kappa shape index (κ2) is 9.54. The molecule has 6 nitrogen and oxygen atoms in total. The largest absolute Gasteiger partial charge is 0.508 e. The van der Waals surface area contributed by atoms with Crippen LogP contribution >= 0.6 is 0 Å². The number of hydrogen-bond donors (Lipinski definition) is 2. The molecule has 0 aromatic heterocycles. The molecule has 3 aromatic carbocycles.